The summed E-state index contributed by atoms with van der Waals surface area (Å²) in [5.41, 5.74) is 7.58. The minimum absolute atomic E-state index is 0.0801. The van der Waals surface area contributed by atoms with E-state index in [4.69, 9.17) is 5.73 Å². The number of hydrogen-bond acceptors (Lipinski definition) is 4. The lowest BCUT2D eigenvalue weighted by Crippen LogP contribution is -2.27. The summed E-state index contributed by atoms with van der Waals surface area (Å²) in [6, 6.07) is 0.0801. The summed E-state index contributed by atoms with van der Waals surface area (Å²) in [4.78, 5) is 2.16. The maximum atomic E-state index is 6.43. The van der Waals surface area contributed by atoms with Gasteiger partial charge in [-0.1, -0.05) is 0 Å². The first-order valence-corrected chi connectivity index (χ1v) is 8.17. The average molecular weight is 333 g/mol. The number of nitrogens with two attached hydrogens (primary N) is 1. The van der Waals surface area contributed by atoms with Crippen molar-refractivity contribution in [3.05, 3.63) is 16.4 Å². The lowest BCUT2D eigenvalue weighted by molar-refractivity contribution is 0.365. The molecule has 18 heavy (non-hydrogen) atoms. The third-order valence-corrected chi connectivity index (χ3v) is 5.37. The van der Waals surface area contributed by atoms with Gasteiger partial charge < -0.3 is 10.6 Å². The number of nitrogens with zero attached hydrogens (tertiary/aromatic N) is 3. The first-order chi connectivity index (χ1) is 8.59. The third-order valence-electron chi connectivity index (χ3n) is 3.27. The molecule has 2 rings (SSSR count). The van der Waals surface area contributed by atoms with E-state index in [0.717, 1.165) is 23.3 Å². The van der Waals surface area contributed by atoms with Crippen molar-refractivity contribution >= 4 is 27.7 Å². The number of aromatic nitrogens is 2. The second-order valence-electron chi connectivity index (χ2n) is 4.98. The number of thioether (sulfide) groups is 1. The van der Waals surface area contributed by atoms with E-state index in [1.807, 2.05) is 22.6 Å². The van der Waals surface area contributed by atoms with Crippen molar-refractivity contribution in [2.24, 2.45) is 5.73 Å². The van der Waals surface area contributed by atoms with Gasteiger partial charge in [-0.15, -0.1) is 0 Å². The predicted molar refractivity (Wildman–Crippen MR) is 80.9 cm³/mol. The zero-order chi connectivity index (χ0) is 13.1. The molecule has 6 heteroatoms. The Bertz CT molecular complexity index is 387. The van der Waals surface area contributed by atoms with E-state index in [2.05, 4.69) is 40.0 Å². The van der Waals surface area contributed by atoms with Crippen LogP contribution in [0.5, 0.6) is 0 Å². The maximum absolute atomic E-state index is 6.43. The standard InChI is InChI=1S/C12H21BrN4S/c1-16(2)5-6-17-12(9(13)8-15-17)11(14)10-4-3-7-18-10/h8,10-11H,3-7,14H2,1-2H3. The highest BCUT2D eigenvalue weighted by Gasteiger charge is 2.28. The minimum Gasteiger partial charge on any atom is -0.322 e. The van der Waals surface area contributed by atoms with Crippen LogP contribution < -0.4 is 5.73 Å². The Balaban J connectivity index is 2.12. The summed E-state index contributed by atoms with van der Waals surface area (Å²) in [5, 5.41) is 4.97. The van der Waals surface area contributed by atoms with Gasteiger partial charge in [-0.3, -0.25) is 4.68 Å². The molecule has 102 valence electrons. The molecule has 0 radical (unpaired) electrons. The van der Waals surface area contributed by atoms with Crippen LogP contribution in [0.15, 0.2) is 10.7 Å². The molecule has 0 spiro atoms. The quantitative estimate of drug-likeness (QED) is 0.896. The zero-order valence-electron chi connectivity index (χ0n) is 11.0. The lowest BCUT2D eigenvalue weighted by Gasteiger charge is -2.21. The van der Waals surface area contributed by atoms with Crippen LogP contribution >= 0.6 is 27.7 Å². The second kappa shape index (κ2) is 6.41. The smallest absolute Gasteiger partial charge is 0.0705 e. The topological polar surface area (TPSA) is 47.1 Å². The van der Waals surface area contributed by atoms with Gasteiger partial charge in [-0.05, 0) is 48.6 Å². The molecule has 2 heterocycles. The molecular weight excluding hydrogens is 312 g/mol. The lowest BCUT2D eigenvalue weighted by atomic mass is 10.1. The molecule has 1 aromatic heterocycles. The Hall–Kier alpha value is -0.0400. The maximum Gasteiger partial charge on any atom is 0.0705 e. The van der Waals surface area contributed by atoms with Crippen LogP contribution in [0.3, 0.4) is 0 Å². The number of halogens is 1. The fourth-order valence-electron chi connectivity index (χ4n) is 2.24. The molecule has 1 aliphatic rings. The van der Waals surface area contributed by atoms with Gasteiger partial charge in [0.2, 0.25) is 0 Å². The molecule has 1 aliphatic heterocycles. The van der Waals surface area contributed by atoms with Crippen LogP contribution in [-0.4, -0.2) is 46.3 Å². The van der Waals surface area contributed by atoms with Crippen LogP contribution in [0.25, 0.3) is 0 Å². The number of likely N-dealkylation sites (N-methyl/N-ethyl adjacent to an activating group) is 1. The highest BCUT2D eigenvalue weighted by molar-refractivity contribution is 9.10. The van der Waals surface area contributed by atoms with Gasteiger partial charge in [0.25, 0.3) is 0 Å². The molecule has 0 aromatic carbocycles. The van der Waals surface area contributed by atoms with Gasteiger partial charge in [0, 0.05) is 11.8 Å². The summed E-state index contributed by atoms with van der Waals surface area (Å²) in [7, 11) is 4.15. The van der Waals surface area contributed by atoms with Gasteiger partial charge in [0.05, 0.1) is 29.0 Å². The van der Waals surface area contributed by atoms with E-state index in [1.54, 1.807) is 0 Å². The molecule has 2 N–H and O–H groups in total. The molecule has 0 amide bonds. The van der Waals surface area contributed by atoms with E-state index in [-0.39, 0.29) is 6.04 Å². The monoisotopic (exact) mass is 332 g/mol. The fourth-order valence-corrected chi connectivity index (χ4v) is 4.10. The molecule has 1 aromatic rings. The number of hydrogen-bond donors (Lipinski definition) is 1. The van der Waals surface area contributed by atoms with Crippen LogP contribution in [-0.2, 0) is 6.54 Å². The summed E-state index contributed by atoms with van der Waals surface area (Å²) in [6.07, 6.45) is 4.37. The SMILES string of the molecule is CN(C)CCn1ncc(Br)c1C(N)C1CCCS1. The molecule has 2 atom stereocenters. The Labute approximate surface area is 121 Å². The Morgan fingerprint density at radius 3 is 3.06 bits per heavy atom. The first kappa shape index (κ1) is 14.4. The van der Waals surface area contributed by atoms with Crippen molar-refractivity contribution in [1.82, 2.24) is 14.7 Å². The summed E-state index contributed by atoms with van der Waals surface area (Å²) in [5.74, 6) is 1.24. The van der Waals surface area contributed by atoms with Crippen molar-refractivity contribution < 1.29 is 0 Å². The molecule has 1 fully saturated rings. The van der Waals surface area contributed by atoms with Crippen LogP contribution in [0.2, 0.25) is 0 Å². The molecule has 4 nitrogen and oxygen atoms in total. The highest BCUT2D eigenvalue weighted by atomic mass is 79.9. The molecule has 0 saturated carbocycles. The van der Waals surface area contributed by atoms with E-state index in [1.165, 1.54) is 18.6 Å². The van der Waals surface area contributed by atoms with Crippen molar-refractivity contribution in [3.63, 3.8) is 0 Å². The fraction of sp³-hybridized carbons (Fsp3) is 0.750. The normalized spacial score (nSPS) is 21.7. The largest absolute Gasteiger partial charge is 0.322 e. The van der Waals surface area contributed by atoms with Gasteiger partial charge >= 0.3 is 0 Å². The average Bonchev–Trinajstić information content (AvgIpc) is 2.94. The summed E-state index contributed by atoms with van der Waals surface area (Å²) in [6.45, 7) is 1.87. The molecular formula is C12H21BrN4S. The Kier molecular flexibility index (Phi) is 5.12. The van der Waals surface area contributed by atoms with Crippen molar-refractivity contribution in [2.75, 3.05) is 26.4 Å². The summed E-state index contributed by atoms with van der Waals surface area (Å²) < 4.78 is 3.09. The van der Waals surface area contributed by atoms with Crippen LogP contribution in [0.4, 0.5) is 0 Å². The molecule has 0 aliphatic carbocycles. The van der Waals surface area contributed by atoms with Crippen LogP contribution in [0.1, 0.15) is 24.6 Å². The van der Waals surface area contributed by atoms with E-state index < -0.39 is 0 Å². The molecule has 0 bridgehead atoms. The van der Waals surface area contributed by atoms with Crippen molar-refractivity contribution in [1.29, 1.82) is 0 Å². The van der Waals surface area contributed by atoms with Crippen molar-refractivity contribution in [2.45, 2.75) is 30.7 Å². The Morgan fingerprint density at radius 1 is 1.67 bits per heavy atom. The molecule has 1 saturated heterocycles. The van der Waals surface area contributed by atoms with E-state index >= 15 is 0 Å². The first-order valence-electron chi connectivity index (χ1n) is 6.32. The van der Waals surface area contributed by atoms with Crippen molar-refractivity contribution in [3.8, 4) is 0 Å². The van der Waals surface area contributed by atoms with Gasteiger partial charge in [0.15, 0.2) is 0 Å². The van der Waals surface area contributed by atoms with Gasteiger partial charge in [-0.25, -0.2) is 0 Å². The minimum atomic E-state index is 0.0801. The van der Waals surface area contributed by atoms with E-state index in [0.29, 0.717) is 5.25 Å². The van der Waals surface area contributed by atoms with E-state index in [9.17, 15) is 0 Å². The highest BCUT2D eigenvalue weighted by Crippen LogP contribution is 2.36. The van der Waals surface area contributed by atoms with Crippen LogP contribution in [0, 0.1) is 0 Å². The summed E-state index contributed by atoms with van der Waals surface area (Å²) >= 11 is 5.58. The third kappa shape index (κ3) is 3.29. The molecule has 2 unspecified atom stereocenters. The zero-order valence-corrected chi connectivity index (χ0v) is 13.4. The Morgan fingerprint density at radius 2 is 2.44 bits per heavy atom. The predicted octanol–water partition coefficient (Wildman–Crippen LogP) is 2.10. The van der Waals surface area contributed by atoms with Gasteiger partial charge in [0.1, 0.15) is 0 Å². The number of rotatable bonds is 5. The second-order valence-corrected chi connectivity index (χ2v) is 7.18. The van der Waals surface area contributed by atoms with Gasteiger partial charge in [-0.2, -0.15) is 16.9 Å².